The summed E-state index contributed by atoms with van der Waals surface area (Å²) in [5, 5.41) is 8.71. The topological polar surface area (TPSA) is 63.1 Å². The van der Waals surface area contributed by atoms with Crippen LogP contribution in [0.15, 0.2) is 29.4 Å². The van der Waals surface area contributed by atoms with Gasteiger partial charge >= 0.3 is 5.97 Å². The Labute approximate surface area is 190 Å². The van der Waals surface area contributed by atoms with E-state index in [1.54, 1.807) is 12.4 Å². The van der Waals surface area contributed by atoms with Gasteiger partial charge in [-0.25, -0.2) is 9.97 Å². The fourth-order valence-corrected chi connectivity index (χ4v) is 6.06. The Bertz CT molecular complexity index is 1010. The SMILES string of the molecule is CCc1cc2c(cc1C#Cc1cnc(CCCCC(=O)O)nc1)C(C)(C)CC(C)(C)S2. The molecule has 2 aromatic rings. The predicted octanol–water partition coefficient (Wildman–Crippen LogP) is 5.79. The first-order valence-corrected chi connectivity index (χ1v) is 11.8. The van der Waals surface area contributed by atoms with E-state index in [1.165, 1.54) is 16.0 Å². The minimum Gasteiger partial charge on any atom is -0.481 e. The molecule has 31 heavy (non-hydrogen) atoms. The molecular weight excluding hydrogens is 404 g/mol. The zero-order chi connectivity index (χ0) is 22.6. The molecule has 1 N–H and O–H groups in total. The van der Waals surface area contributed by atoms with Crippen LogP contribution in [0.3, 0.4) is 0 Å². The van der Waals surface area contributed by atoms with Crippen molar-refractivity contribution in [2.24, 2.45) is 0 Å². The van der Waals surface area contributed by atoms with E-state index in [2.05, 4.69) is 68.6 Å². The van der Waals surface area contributed by atoms with Gasteiger partial charge < -0.3 is 5.11 Å². The fourth-order valence-electron chi connectivity index (χ4n) is 4.38. The summed E-state index contributed by atoms with van der Waals surface area (Å²) in [4.78, 5) is 20.8. The third-order valence-corrected chi connectivity index (χ3v) is 6.91. The number of rotatable bonds is 6. The van der Waals surface area contributed by atoms with Gasteiger partial charge in [0.05, 0.1) is 5.56 Å². The molecule has 2 heterocycles. The molecule has 0 bridgehead atoms. The molecule has 1 aliphatic rings. The van der Waals surface area contributed by atoms with E-state index in [1.807, 2.05) is 11.8 Å². The molecule has 0 atom stereocenters. The van der Waals surface area contributed by atoms with Crippen molar-refractivity contribution in [2.75, 3.05) is 0 Å². The monoisotopic (exact) mass is 436 g/mol. The lowest BCUT2D eigenvalue weighted by Gasteiger charge is -2.42. The van der Waals surface area contributed by atoms with Crippen molar-refractivity contribution in [1.82, 2.24) is 9.97 Å². The minimum atomic E-state index is -0.758. The number of benzene rings is 1. The minimum absolute atomic E-state index is 0.123. The van der Waals surface area contributed by atoms with Crippen molar-refractivity contribution >= 4 is 17.7 Å². The highest BCUT2D eigenvalue weighted by atomic mass is 32.2. The molecule has 0 radical (unpaired) electrons. The fraction of sp³-hybridized carbons (Fsp3) is 0.500. The number of carboxylic acids is 1. The normalized spacial score (nSPS) is 16.2. The smallest absolute Gasteiger partial charge is 0.303 e. The van der Waals surface area contributed by atoms with Crippen LogP contribution in [-0.2, 0) is 23.1 Å². The molecule has 0 saturated heterocycles. The summed E-state index contributed by atoms with van der Waals surface area (Å²) in [6, 6.07) is 4.63. The van der Waals surface area contributed by atoms with Gasteiger partial charge in [0.25, 0.3) is 0 Å². The summed E-state index contributed by atoms with van der Waals surface area (Å²) in [5.41, 5.74) is 4.68. The first kappa shape index (κ1) is 23.3. The number of hydrogen-bond donors (Lipinski definition) is 1. The first-order valence-electron chi connectivity index (χ1n) is 11.0. The van der Waals surface area contributed by atoms with E-state index in [9.17, 15) is 4.79 Å². The Hall–Kier alpha value is -2.32. The van der Waals surface area contributed by atoms with Gasteiger partial charge in [0, 0.05) is 40.4 Å². The van der Waals surface area contributed by atoms with E-state index in [4.69, 9.17) is 5.11 Å². The van der Waals surface area contributed by atoms with E-state index in [-0.39, 0.29) is 16.6 Å². The van der Waals surface area contributed by atoms with E-state index >= 15 is 0 Å². The van der Waals surface area contributed by atoms with Crippen molar-refractivity contribution in [3.8, 4) is 11.8 Å². The van der Waals surface area contributed by atoms with Crippen LogP contribution in [0.4, 0.5) is 0 Å². The number of fused-ring (bicyclic) bond motifs is 1. The second kappa shape index (κ2) is 9.44. The standard InChI is InChI=1S/C26H32N2O2S/c1-6-19-14-22-21(25(2,3)17-26(4,5)31-22)13-20(19)12-11-18-15-27-23(28-16-18)9-7-8-10-24(29)30/h13-16H,6-10,17H2,1-5H3,(H,29,30). The Morgan fingerprint density at radius 2 is 1.84 bits per heavy atom. The summed E-state index contributed by atoms with van der Waals surface area (Å²) < 4.78 is 0.238. The van der Waals surface area contributed by atoms with Gasteiger partial charge in [-0.15, -0.1) is 11.8 Å². The average Bonchev–Trinajstić information content (AvgIpc) is 2.68. The Kier molecular flexibility index (Phi) is 7.11. The van der Waals surface area contributed by atoms with Gasteiger partial charge in [0.15, 0.2) is 0 Å². The Morgan fingerprint density at radius 3 is 2.48 bits per heavy atom. The lowest BCUT2D eigenvalue weighted by atomic mass is 9.76. The molecule has 0 aliphatic carbocycles. The molecule has 164 valence electrons. The maximum atomic E-state index is 10.6. The zero-order valence-corrected chi connectivity index (χ0v) is 20.0. The largest absolute Gasteiger partial charge is 0.481 e. The number of aliphatic carboxylic acids is 1. The summed E-state index contributed by atoms with van der Waals surface area (Å²) in [6.45, 7) is 11.5. The molecule has 1 aliphatic heterocycles. The quantitative estimate of drug-likeness (QED) is 0.459. The number of aromatic nitrogens is 2. The van der Waals surface area contributed by atoms with E-state index in [0.29, 0.717) is 12.8 Å². The molecule has 0 amide bonds. The number of nitrogens with zero attached hydrogens (tertiary/aromatic N) is 2. The second-order valence-corrected chi connectivity index (χ2v) is 11.3. The maximum absolute atomic E-state index is 10.6. The van der Waals surface area contributed by atoms with Crippen LogP contribution < -0.4 is 0 Å². The van der Waals surface area contributed by atoms with Crippen molar-refractivity contribution in [3.63, 3.8) is 0 Å². The summed E-state index contributed by atoms with van der Waals surface area (Å²) in [6.07, 6.45) is 7.91. The molecule has 0 saturated carbocycles. The van der Waals surface area contributed by atoms with Crippen LogP contribution in [0.2, 0.25) is 0 Å². The van der Waals surface area contributed by atoms with Crippen LogP contribution in [0.25, 0.3) is 0 Å². The lowest BCUT2D eigenvalue weighted by molar-refractivity contribution is -0.137. The second-order valence-electron chi connectivity index (χ2n) is 9.52. The Morgan fingerprint density at radius 1 is 1.13 bits per heavy atom. The first-order chi connectivity index (χ1) is 14.6. The number of aryl methyl sites for hydroxylation is 2. The Balaban J connectivity index is 1.79. The number of carbonyl (C=O) groups is 1. The van der Waals surface area contributed by atoms with Crippen LogP contribution in [-0.4, -0.2) is 25.8 Å². The molecule has 0 fully saturated rings. The average molecular weight is 437 g/mol. The van der Waals surface area contributed by atoms with E-state index < -0.39 is 5.97 Å². The van der Waals surface area contributed by atoms with Gasteiger partial charge in [0.1, 0.15) is 5.82 Å². The third kappa shape index (κ3) is 6.11. The molecule has 5 heteroatoms. The summed E-state index contributed by atoms with van der Waals surface area (Å²) in [5.74, 6) is 6.58. The van der Waals surface area contributed by atoms with Gasteiger partial charge in [-0.2, -0.15) is 0 Å². The van der Waals surface area contributed by atoms with Crippen molar-refractivity contribution < 1.29 is 9.90 Å². The highest BCUT2D eigenvalue weighted by Gasteiger charge is 2.38. The highest BCUT2D eigenvalue weighted by Crippen LogP contribution is 2.51. The van der Waals surface area contributed by atoms with Crippen LogP contribution in [0.1, 0.15) is 88.4 Å². The molecule has 3 rings (SSSR count). The summed E-state index contributed by atoms with van der Waals surface area (Å²) >= 11 is 1.98. The third-order valence-electron chi connectivity index (χ3n) is 5.66. The number of carboxylic acid groups (broad SMARTS) is 1. The van der Waals surface area contributed by atoms with Crippen LogP contribution in [0, 0.1) is 11.8 Å². The molecule has 1 aromatic carbocycles. The van der Waals surface area contributed by atoms with Crippen molar-refractivity contribution in [3.05, 3.63) is 52.6 Å². The number of hydrogen-bond acceptors (Lipinski definition) is 4. The lowest BCUT2D eigenvalue weighted by Crippen LogP contribution is -2.33. The molecule has 0 unspecified atom stereocenters. The van der Waals surface area contributed by atoms with E-state index in [0.717, 1.165) is 36.2 Å². The van der Waals surface area contributed by atoms with Gasteiger partial charge in [0.2, 0.25) is 0 Å². The molecule has 0 spiro atoms. The highest BCUT2D eigenvalue weighted by molar-refractivity contribution is 8.00. The maximum Gasteiger partial charge on any atom is 0.303 e. The zero-order valence-electron chi connectivity index (χ0n) is 19.2. The predicted molar refractivity (Wildman–Crippen MR) is 127 cm³/mol. The van der Waals surface area contributed by atoms with Crippen molar-refractivity contribution in [2.45, 2.75) is 88.2 Å². The van der Waals surface area contributed by atoms with Crippen molar-refractivity contribution in [1.29, 1.82) is 0 Å². The molecular formula is C26H32N2O2S. The van der Waals surface area contributed by atoms with Crippen LogP contribution >= 0.6 is 11.8 Å². The number of thioether (sulfide) groups is 1. The molecule has 4 nitrogen and oxygen atoms in total. The van der Waals surface area contributed by atoms with Gasteiger partial charge in [-0.3, -0.25) is 4.79 Å². The van der Waals surface area contributed by atoms with Crippen LogP contribution in [0.5, 0.6) is 0 Å². The number of unbranched alkanes of at least 4 members (excludes halogenated alkanes) is 1. The molecule has 1 aromatic heterocycles. The van der Waals surface area contributed by atoms with Gasteiger partial charge in [-0.05, 0) is 54.4 Å². The summed E-state index contributed by atoms with van der Waals surface area (Å²) in [7, 11) is 0. The van der Waals surface area contributed by atoms with Gasteiger partial charge in [-0.1, -0.05) is 46.5 Å².